The minimum Gasteiger partial charge on any atom is -0.491 e. The maximum Gasteiger partial charge on any atom is 0.336 e. The SMILES string of the molecule is O=C(O)c1ccc(OCC2CCCCO2)cc1Br. The van der Waals surface area contributed by atoms with Crippen molar-refractivity contribution in [3.05, 3.63) is 28.2 Å². The molecule has 1 aromatic rings. The number of benzene rings is 1. The Morgan fingerprint density at radius 3 is 2.94 bits per heavy atom. The fourth-order valence-electron chi connectivity index (χ4n) is 1.89. The van der Waals surface area contributed by atoms with Crippen LogP contribution in [-0.2, 0) is 4.74 Å². The van der Waals surface area contributed by atoms with E-state index in [-0.39, 0.29) is 11.7 Å². The first-order valence-electron chi connectivity index (χ1n) is 5.94. The summed E-state index contributed by atoms with van der Waals surface area (Å²) in [5.41, 5.74) is 0.233. The summed E-state index contributed by atoms with van der Waals surface area (Å²) in [6, 6.07) is 4.87. The van der Waals surface area contributed by atoms with Gasteiger partial charge in [0.15, 0.2) is 0 Å². The van der Waals surface area contributed by atoms with E-state index >= 15 is 0 Å². The summed E-state index contributed by atoms with van der Waals surface area (Å²) in [5.74, 6) is -0.301. The van der Waals surface area contributed by atoms with E-state index in [0.717, 1.165) is 19.4 Å². The van der Waals surface area contributed by atoms with E-state index in [4.69, 9.17) is 14.6 Å². The van der Waals surface area contributed by atoms with Gasteiger partial charge in [0.1, 0.15) is 12.4 Å². The summed E-state index contributed by atoms with van der Waals surface area (Å²) in [6.45, 7) is 1.31. The zero-order valence-corrected chi connectivity index (χ0v) is 11.5. The standard InChI is InChI=1S/C13H15BrO4/c14-12-7-9(4-5-11(12)13(15)16)18-8-10-3-1-2-6-17-10/h4-5,7,10H,1-3,6,8H2,(H,15,16). The summed E-state index contributed by atoms with van der Waals surface area (Å²) in [5, 5.41) is 8.90. The third-order valence-electron chi connectivity index (χ3n) is 2.88. The van der Waals surface area contributed by atoms with Gasteiger partial charge in [0, 0.05) is 11.1 Å². The fourth-order valence-corrected chi connectivity index (χ4v) is 2.41. The van der Waals surface area contributed by atoms with Crippen molar-refractivity contribution in [3.63, 3.8) is 0 Å². The molecule has 4 nitrogen and oxygen atoms in total. The van der Waals surface area contributed by atoms with Gasteiger partial charge < -0.3 is 14.6 Å². The Balaban J connectivity index is 1.93. The number of aromatic carboxylic acids is 1. The lowest BCUT2D eigenvalue weighted by Gasteiger charge is -2.22. The highest BCUT2D eigenvalue weighted by molar-refractivity contribution is 9.10. The molecule has 0 aromatic heterocycles. The molecule has 1 aliphatic rings. The number of halogens is 1. The number of carboxylic acids is 1. The van der Waals surface area contributed by atoms with Crippen molar-refractivity contribution in [1.82, 2.24) is 0 Å². The van der Waals surface area contributed by atoms with Gasteiger partial charge in [-0.2, -0.15) is 0 Å². The molecule has 18 heavy (non-hydrogen) atoms. The molecule has 1 saturated heterocycles. The first-order chi connectivity index (χ1) is 8.66. The second-order valence-corrected chi connectivity index (χ2v) is 5.10. The van der Waals surface area contributed by atoms with Crippen molar-refractivity contribution in [2.45, 2.75) is 25.4 Å². The Labute approximate surface area is 114 Å². The van der Waals surface area contributed by atoms with Crippen LogP contribution in [-0.4, -0.2) is 30.4 Å². The zero-order valence-electron chi connectivity index (χ0n) is 9.89. The summed E-state index contributed by atoms with van der Waals surface area (Å²) in [7, 11) is 0. The highest BCUT2D eigenvalue weighted by Crippen LogP contribution is 2.24. The van der Waals surface area contributed by atoms with Gasteiger partial charge in [-0.1, -0.05) is 0 Å². The van der Waals surface area contributed by atoms with Crippen molar-refractivity contribution in [1.29, 1.82) is 0 Å². The Hall–Kier alpha value is -1.07. The van der Waals surface area contributed by atoms with E-state index in [1.807, 2.05) is 0 Å². The second kappa shape index (κ2) is 6.20. The molecule has 0 bridgehead atoms. The van der Waals surface area contributed by atoms with E-state index in [0.29, 0.717) is 16.8 Å². The number of rotatable bonds is 4. The van der Waals surface area contributed by atoms with Crippen LogP contribution < -0.4 is 4.74 Å². The average molecular weight is 315 g/mol. The normalized spacial score (nSPS) is 19.5. The molecule has 0 saturated carbocycles. The molecule has 1 aromatic carbocycles. The highest BCUT2D eigenvalue weighted by atomic mass is 79.9. The molecule has 1 atom stereocenters. The van der Waals surface area contributed by atoms with Gasteiger partial charge in [-0.15, -0.1) is 0 Å². The van der Waals surface area contributed by atoms with Crippen LogP contribution in [0, 0.1) is 0 Å². The minimum atomic E-state index is -0.955. The highest BCUT2D eigenvalue weighted by Gasteiger charge is 2.15. The summed E-state index contributed by atoms with van der Waals surface area (Å²) in [4.78, 5) is 10.8. The van der Waals surface area contributed by atoms with Gasteiger partial charge in [-0.25, -0.2) is 4.79 Å². The maximum atomic E-state index is 10.8. The quantitative estimate of drug-likeness (QED) is 0.927. The summed E-state index contributed by atoms with van der Waals surface area (Å²) < 4.78 is 11.7. The van der Waals surface area contributed by atoms with Crippen LogP contribution in [0.15, 0.2) is 22.7 Å². The number of carbonyl (C=O) groups is 1. The zero-order chi connectivity index (χ0) is 13.0. The summed E-state index contributed by atoms with van der Waals surface area (Å²) in [6.07, 6.45) is 3.47. The van der Waals surface area contributed by atoms with Crippen LogP contribution in [0.1, 0.15) is 29.6 Å². The van der Waals surface area contributed by atoms with E-state index in [9.17, 15) is 4.79 Å². The number of hydrogen-bond donors (Lipinski definition) is 1. The molecule has 1 N–H and O–H groups in total. The lowest BCUT2D eigenvalue weighted by atomic mass is 10.1. The minimum absolute atomic E-state index is 0.150. The van der Waals surface area contributed by atoms with Crippen LogP contribution in [0.2, 0.25) is 0 Å². The van der Waals surface area contributed by atoms with E-state index in [1.165, 1.54) is 12.5 Å². The van der Waals surface area contributed by atoms with E-state index < -0.39 is 5.97 Å². The Morgan fingerprint density at radius 1 is 1.50 bits per heavy atom. The number of ether oxygens (including phenoxy) is 2. The lowest BCUT2D eigenvalue weighted by molar-refractivity contribution is -0.0110. The largest absolute Gasteiger partial charge is 0.491 e. The smallest absolute Gasteiger partial charge is 0.336 e. The van der Waals surface area contributed by atoms with Gasteiger partial charge in [0.05, 0.1) is 11.7 Å². The molecule has 0 aliphatic carbocycles. The molecule has 1 heterocycles. The Morgan fingerprint density at radius 2 is 2.33 bits per heavy atom. The average Bonchev–Trinajstić information content (AvgIpc) is 2.37. The van der Waals surface area contributed by atoms with Gasteiger partial charge in [0.2, 0.25) is 0 Å². The van der Waals surface area contributed by atoms with Gasteiger partial charge in [-0.3, -0.25) is 0 Å². The summed E-state index contributed by atoms with van der Waals surface area (Å²) >= 11 is 3.22. The second-order valence-electron chi connectivity index (χ2n) is 4.25. The predicted octanol–water partition coefficient (Wildman–Crippen LogP) is 3.10. The van der Waals surface area contributed by atoms with Crippen LogP contribution in [0.25, 0.3) is 0 Å². The predicted molar refractivity (Wildman–Crippen MR) is 70.2 cm³/mol. The van der Waals surface area contributed by atoms with Gasteiger partial charge in [0.25, 0.3) is 0 Å². The fraction of sp³-hybridized carbons (Fsp3) is 0.462. The maximum absolute atomic E-state index is 10.8. The molecular weight excluding hydrogens is 300 g/mol. The molecular formula is C13H15BrO4. The molecule has 2 rings (SSSR count). The van der Waals surface area contributed by atoms with Crippen molar-refractivity contribution in [2.24, 2.45) is 0 Å². The molecule has 0 spiro atoms. The van der Waals surface area contributed by atoms with Gasteiger partial charge >= 0.3 is 5.97 Å². The monoisotopic (exact) mass is 314 g/mol. The molecule has 5 heteroatoms. The lowest BCUT2D eigenvalue weighted by Crippen LogP contribution is -2.25. The third-order valence-corrected chi connectivity index (χ3v) is 3.54. The van der Waals surface area contributed by atoms with Crippen LogP contribution in [0.4, 0.5) is 0 Å². The van der Waals surface area contributed by atoms with E-state index in [2.05, 4.69) is 15.9 Å². The van der Waals surface area contributed by atoms with Crippen molar-refractivity contribution >= 4 is 21.9 Å². The first kappa shape index (κ1) is 13.4. The van der Waals surface area contributed by atoms with Crippen LogP contribution >= 0.6 is 15.9 Å². The first-order valence-corrected chi connectivity index (χ1v) is 6.73. The van der Waals surface area contributed by atoms with Crippen molar-refractivity contribution in [3.8, 4) is 5.75 Å². The van der Waals surface area contributed by atoms with Crippen molar-refractivity contribution in [2.75, 3.05) is 13.2 Å². The molecule has 0 radical (unpaired) electrons. The van der Waals surface area contributed by atoms with Gasteiger partial charge in [-0.05, 0) is 53.4 Å². The molecule has 0 amide bonds. The Kier molecular flexibility index (Phi) is 4.60. The van der Waals surface area contributed by atoms with Crippen LogP contribution in [0.3, 0.4) is 0 Å². The van der Waals surface area contributed by atoms with Crippen molar-refractivity contribution < 1.29 is 19.4 Å². The number of hydrogen-bond acceptors (Lipinski definition) is 3. The van der Waals surface area contributed by atoms with Crippen LogP contribution in [0.5, 0.6) is 5.75 Å². The molecule has 1 unspecified atom stereocenters. The third kappa shape index (κ3) is 3.46. The Bertz CT molecular complexity index is 427. The van der Waals surface area contributed by atoms with E-state index in [1.54, 1.807) is 12.1 Å². The topological polar surface area (TPSA) is 55.8 Å². The number of carboxylic acid groups (broad SMARTS) is 1. The molecule has 1 aliphatic heterocycles. The molecule has 98 valence electrons. The molecule has 1 fully saturated rings.